The van der Waals surface area contributed by atoms with Crippen LogP contribution < -0.4 is 14.8 Å². The first kappa shape index (κ1) is 15.6. The van der Waals surface area contributed by atoms with Crippen molar-refractivity contribution in [3.05, 3.63) is 53.1 Å². The lowest BCUT2D eigenvalue weighted by atomic mass is 9.97. The Hall–Kier alpha value is -2.27. The highest BCUT2D eigenvalue weighted by Crippen LogP contribution is 2.33. The SMILES string of the molecule is COc1cc(C2NCCc3[nH]cnc32)ccc1OCC=C(C)C. The molecule has 2 aromatic rings. The first-order valence-electron chi connectivity index (χ1n) is 7.88. The fraction of sp³-hybridized carbons (Fsp3) is 0.389. The number of allylic oxidation sites excluding steroid dienone is 1. The van der Waals surface area contributed by atoms with Crippen LogP contribution >= 0.6 is 0 Å². The summed E-state index contributed by atoms with van der Waals surface area (Å²) >= 11 is 0. The van der Waals surface area contributed by atoms with Gasteiger partial charge in [0.1, 0.15) is 6.61 Å². The molecule has 23 heavy (non-hydrogen) atoms. The van der Waals surface area contributed by atoms with Gasteiger partial charge in [-0.3, -0.25) is 0 Å². The first-order valence-corrected chi connectivity index (χ1v) is 7.88. The summed E-state index contributed by atoms with van der Waals surface area (Å²) in [5.41, 5.74) is 4.63. The van der Waals surface area contributed by atoms with E-state index in [4.69, 9.17) is 9.47 Å². The van der Waals surface area contributed by atoms with Gasteiger partial charge in [-0.05, 0) is 37.6 Å². The van der Waals surface area contributed by atoms with Gasteiger partial charge in [-0.15, -0.1) is 0 Å². The van der Waals surface area contributed by atoms with Crippen LogP contribution in [0.3, 0.4) is 0 Å². The van der Waals surface area contributed by atoms with Crippen molar-refractivity contribution in [2.75, 3.05) is 20.3 Å². The number of aromatic nitrogens is 2. The van der Waals surface area contributed by atoms with Crippen LogP contribution in [0.5, 0.6) is 11.5 Å². The number of hydrogen-bond donors (Lipinski definition) is 2. The molecular weight excluding hydrogens is 290 g/mol. The van der Waals surface area contributed by atoms with Crippen molar-refractivity contribution in [2.45, 2.75) is 26.3 Å². The molecule has 2 heterocycles. The molecule has 1 atom stereocenters. The van der Waals surface area contributed by atoms with Crippen molar-refractivity contribution < 1.29 is 9.47 Å². The molecule has 5 nitrogen and oxygen atoms in total. The van der Waals surface area contributed by atoms with Gasteiger partial charge < -0.3 is 19.8 Å². The topological polar surface area (TPSA) is 59.2 Å². The average molecular weight is 313 g/mol. The van der Waals surface area contributed by atoms with E-state index in [0.717, 1.165) is 35.7 Å². The number of aromatic amines is 1. The molecule has 1 aromatic carbocycles. The monoisotopic (exact) mass is 313 g/mol. The molecule has 1 unspecified atom stereocenters. The van der Waals surface area contributed by atoms with Crippen molar-refractivity contribution >= 4 is 0 Å². The highest BCUT2D eigenvalue weighted by Gasteiger charge is 2.24. The molecule has 0 spiro atoms. The van der Waals surface area contributed by atoms with Crippen LogP contribution in [0.4, 0.5) is 0 Å². The second-order valence-electron chi connectivity index (χ2n) is 5.91. The van der Waals surface area contributed by atoms with Gasteiger partial charge in [-0.25, -0.2) is 4.98 Å². The van der Waals surface area contributed by atoms with Crippen LogP contribution in [0, 0.1) is 0 Å². The Kier molecular flexibility index (Phi) is 4.67. The van der Waals surface area contributed by atoms with E-state index >= 15 is 0 Å². The van der Waals surface area contributed by atoms with E-state index in [2.05, 4.69) is 35.2 Å². The van der Waals surface area contributed by atoms with Crippen LogP contribution in [-0.2, 0) is 6.42 Å². The lowest BCUT2D eigenvalue weighted by Crippen LogP contribution is -2.30. The molecule has 0 fully saturated rings. The summed E-state index contributed by atoms with van der Waals surface area (Å²) in [4.78, 5) is 7.69. The van der Waals surface area contributed by atoms with Crippen LogP contribution in [0.2, 0.25) is 0 Å². The molecule has 0 saturated carbocycles. The van der Waals surface area contributed by atoms with Crippen LogP contribution in [-0.4, -0.2) is 30.2 Å². The van der Waals surface area contributed by atoms with Crippen molar-refractivity contribution in [2.24, 2.45) is 0 Å². The molecule has 1 aliphatic heterocycles. The van der Waals surface area contributed by atoms with Gasteiger partial charge in [0, 0.05) is 18.7 Å². The Morgan fingerprint density at radius 2 is 2.22 bits per heavy atom. The highest BCUT2D eigenvalue weighted by molar-refractivity contribution is 5.46. The number of ether oxygens (including phenoxy) is 2. The van der Waals surface area contributed by atoms with E-state index in [1.54, 1.807) is 13.4 Å². The normalized spacial score (nSPS) is 16.6. The van der Waals surface area contributed by atoms with E-state index < -0.39 is 0 Å². The van der Waals surface area contributed by atoms with Crippen molar-refractivity contribution in [3.63, 3.8) is 0 Å². The van der Waals surface area contributed by atoms with Gasteiger partial charge in [0.2, 0.25) is 0 Å². The smallest absolute Gasteiger partial charge is 0.161 e. The molecule has 0 aliphatic carbocycles. The van der Waals surface area contributed by atoms with E-state index in [1.165, 1.54) is 11.3 Å². The standard InChI is InChI=1S/C18H23N3O2/c1-12(2)7-9-23-15-5-4-13(10-16(15)22-3)17-18-14(6-8-19-17)20-11-21-18/h4-5,7,10-11,17,19H,6,8-9H2,1-3H3,(H,20,21). The Morgan fingerprint density at radius 1 is 1.35 bits per heavy atom. The molecular formula is C18H23N3O2. The molecule has 2 N–H and O–H groups in total. The number of H-pyrrole nitrogens is 1. The molecule has 122 valence electrons. The number of methoxy groups -OCH3 is 1. The zero-order valence-electron chi connectivity index (χ0n) is 13.8. The summed E-state index contributed by atoms with van der Waals surface area (Å²) in [6.07, 6.45) is 4.79. The second kappa shape index (κ2) is 6.87. The molecule has 0 saturated heterocycles. The average Bonchev–Trinajstić information content (AvgIpc) is 3.03. The third-order valence-corrected chi connectivity index (χ3v) is 4.00. The second-order valence-corrected chi connectivity index (χ2v) is 5.91. The maximum Gasteiger partial charge on any atom is 0.161 e. The molecule has 3 rings (SSSR count). The fourth-order valence-electron chi connectivity index (χ4n) is 2.78. The summed E-state index contributed by atoms with van der Waals surface area (Å²) in [7, 11) is 1.67. The molecule has 1 aliphatic rings. The maximum atomic E-state index is 5.79. The van der Waals surface area contributed by atoms with E-state index in [1.807, 2.05) is 18.2 Å². The van der Waals surface area contributed by atoms with Crippen LogP contribution in [0.25, 0.3) is 0 Å². The predicted molar refractivity (Wildman–Crippen MR) is 90.1 cm³/mol. The Balaban J connectivity index is 1.84. The first-order chi connectivity index (χ1) is 11.2. The lowest BCUT2D eigenvalue weighted by Gasteiger charge is -2.24. The summed E-state index contributed by atoms with van der Waals surface area (Å²) < 4.78 is 11.3. The summed E-state index contributed by atoms with van der Waals surface area (Å²) in [6, 6.07) is 6.15. The third-order valence-electron chi connectivity index (χ3n) is 4.00. The van der Waals surface area contributed by atoms with Crippen LogP contribution in [0.15, 0.2) is 36.2 Å². The minimum atomic E-state index is 0.0886. The predicted octanol–water partition coefficient (Wildman–Crippen LogP) is 3.00. The molecule has 0 bridgehead atoms. The largest absolute Gasteiger partial charge is 0.493 e. The number of nitrogens with one attached hydrogen (secondary N) is 2. The number of rotatable bonds is 5. The number of fused-ring (bicyclic) bond motifs is 1. The minimum Gasteiger partial charge on any atom is -0.493 e. The molecule has 5 heteroatoms. The fourth-order valence-corrected chi connectivity index (χ4v) is 2.78. The molecule has 1 aromatic heterocycles. The van der Waals surface area contributed by atoms with Gasteiger partial charge in [0.05, 0.1) is 25.2 Å². The van der Waals surface area contributed by atoms with E-state index in [9.17, 15) is 0 Å². The van der Waals surface area contributed by atoms with Gasteiger partial charge in [0.25, 0.3) is 0 Å². The summed E-state index contributed by atoms with van der Waals surface area (Å²) in [6.45, 7) is 5.59. The minimum absolute atomic E-state index is 0.0886. The zero-order chi connectivity index (χ0) is 16.2. The number of nitrogens with zero attached hydrogens (tertiary/aromatic N) is 1. The van der Waals surface area contributed by atoms with Crippen LogP contribution in [0.1, 0.15) is 36.8 Å². The molecule has 0 amide bonds. The van der Waals surface area contributed by atoms with E-state index in [-0.39, 0.29) is 6.04 Å². The lowest BCUT2D eigenvalue weighted by molar-refractivity contribution is 0.325. The number of benzene rings is 1. The Labute approximate surface area is 136 Å². The summed E-state index contributed by atoms with van der Waals surface area (Å²) in [5.74, 6) is 1.50. The van der Waals surface area contributed by atoms with Crippen molar-refractivity contribution in [1.82, 2.24) is 15.3 Å². The van der Waals surface area contributed by atoms with E-state index in [0.29, 0.717) is 6.61 Å². The highest BCUT2D eigenvalue weighted by atomic mass is 16.5. The van der Waals surface area contributed by atoms with Crippen molar-refractivity contribution in [1.29, 1.82) is 0 Å². The van der Waals surface area contributed by atoms with Gasteiger partial charge in [-0.1, -0.05) is 11.6 Å². The quantitative estimate of drug-likeness (QED) is 0.833. The van der Waals surface area contributed by atoms with Crippen molar-refractivity contribution in [3.8, 4) is 11.5 Å². The third kappa shape index (κ3) is 3.40. The number of hydrogen-bond acceptors (Lipinski definition) is 4. The zero-order valence-corrected chi connectivity index (χ0v) is 13.8. The van der Waals surface area contributed by atoms with Gasteiger partial charge >= 0.3 is 0 Å². The van der Waals surface area contributed by atoms with Gasteiger partial charge in [-0.2, -0.15) is 0 Å². The maximum absolute atomic E-state index is 5.79. The molecule has 0 radical (unpaired) electrons. The number of imidazole rings is 1. The Morgan fingerprint density at radius 3 is 3.00 bits per heavy atom. The summed E-state index contributed by atoms with van der Waals surface area (Å²) in [5, 5.41) is 3.52. The Bertz CT molecular complexity index is 702. The van der Waals surface area contributed by atoms with Gasteiger partial charge in [0.15, 0.2) is 11.5 Å².